The number of hydrogen-bond acceptors (Lipinski definition) is 3. The second-order valence-electron chi connectivity index (χ2n) is 3.28. The van der Waals surface area contributed by atoms with Crippen LogP contribution < -0.4 is 0 Å². The number of rotatable bonds is 2. The summed E-state index contributed by atoms with van der Waals surface area (Å²) in [5.41, 5.74) is 0.976. The van der Waals surface area contributed by atoms with Gasteiger partial charge in [0.1, 0.15) is 11.6 Å². The molecule has 0 aliphatic carbocycles. The van der Waals surface area contributed by atoms with Crippen LogP contribution in [0, 0.1) is 11.2 Å². The Balaban J connectivity index is 2.42. The van der Waals surface area contributed by atoms with Crippen molar-refractivity contribution in [1.29, 1.82) is 5.41 Å². The number of phenolic OH excluding ortho intramolecular Hbond substituents is 1. The van der Waals surface area contributed by atoms with Gasteiger partial charge in [0, 0.05) is 29.6 Å². The zero-order chi connectivity index (χ0) is 11.5. The Kier molecular flexibility index (Phi) is 2.64. The fourth-order valence-electron chi connectivity index (χ4n) is 1.38. The molecule has 1 heterocycles. The van der Waals surface area contributed by atoms with Crippen LogP contribution in [-0.4, -0.2) is 15.8 Å². The summed E-state index contributed by atoms with van der Waals surface area (Å²) < 4.78 is 12.8. The van der Waals surface area contributed by atoms with E-state index in [-0.39, 0.29) is 17.0 Å². The number of hydrogen-bond donors (Lipinski definition) is 2. The number of halogens is 1. The molecular weight excluding hydrogens is 207 g/mol. The molecule has 0 saturated carbocycles. The Bertz CT molecular complexity index is 526. The molecule has 3 nitrogen and oxygen atoms in total. The molecule has 16 heavy (non-hydrogen) atoms. The van der Waals surface area contributed by atoms with E-state index in [4.69, 9.17) is 5.41 Å². The first-order valence-electron chi connectivity index (χ1n) is 4.66. The van der Waals surface area contributed by atoms with Crippen LogP contribution in [0.5, 0.6) is 5.75 Å². The lowest BCUT2D eigenvalue weighted by atomic mass is 10.0. The molecule has 0 radical (unpaired) electrons. The van der Waals surface area contributed by atoms with Crippen LogP contribution >= 0.6 is 0 Å². The van der Waals surface area contributed by atoms with Crippen molar-refractivity contribution in [2.45, 2.75) is 0 Å². The summed E-state index contributed by atoms with van der Waals surface area (Å²) in [5.74, 6) is -0.769. The van der Waals surface area contributed by atoms with Crippen LogP contribution in [0.4, 0.5) is 4.39 Å². The Labute approximate surface area is 91.7 Å². The lowest BCUT2D eigenvalue weighted by Gasteiger charge is -2.06. The molecule has 0 amide bonds. The monoisotopic (exact) mass is 216 g/mol. The lowest BCUT2D eigenvalue weighted by Crippen LogP contribution is -2.02. The molecule has 0 bridgehead atoms. The van der Waals surface area contributed by atoms with Gasteiger partial charge in [-0.25, -0.2) is 4.39 Å². The highest BCUT2D eigenvalue weighted by Crippen LogP contribution is 2.20. The van der Waals surface area contributed by atoms with E-state index < -0.39 is 5.82 Å². The second-order valence-corrected chi connectivity index (χ2v) is 3.28. The molecular formula is C12H9FN2O. The van der Waals surface area contributed by atoms with E-state index in [1.807, 2.05) is 0 Å². The van der Waals surface area contributed by atoms with E-state index in [9.17, 15) is 9.50 Å². The molecule has 0 atom stereocenters. The molecule has 2 rings (SSSR count). The highest BCUT2D eigenvalue weighted by atomic mass is 19.1. The van der Waals surface area contributed by atoms with Gasteiger partial charge in [-0.05, 0) is 24.3 Å². The van der Waals surface area contributed by atoms with Gasteiger partial charge in [0.15, 0.2) is 0 Å². The summed E-state index contributed by atoms with van der Waals surface area (Å²) in [6.07, 6.45) is 3.12. The maximum atomic E-state index is 12.8. The molecule has 2 N–H and O–H groups in total. The minimum Gasteiger partial charge on any atom is -0.507 e. The molecule has 0 saturated heterocycles. The van der Waals surface area contributed by atoms with E-state index in [0.29, 0.717) is 5.56 Å². The van der Waals surface area contributed by atoms with Gasteiger partial charge in [0.05, 0.1) is 5.71 Å². The van der Waals surface area contributed by atoms with E-state index in [1.165, 1.54) is 18.3 Å². The normalized spacial score (nSPS) is 10.1. The Hall–Kier alpha value is -2.23. The van der Waals surface area contributed by atoms with Crippen LogP contribution in [0.2, 0.25) is 0 Å². The predicted octanol–water partition coefficient (Wildman–Crippen LogP) is 2.34. The van der Waals surface area contributed by atoms with Gasteiger partial charge < -0.3 is 5.11 Å². The Morgan fingerprint density at radius 1 is 1.31 bits per heavy atom. The van der Waals surface area contributed by atoms with Crippen molar-refractivity contribution in [2.75, 3.05) is 0 Å². The third-order valence-corrected chi connectivity index (χ3v) is 2.18. The van der Waals surface area contributed by atoms with Crippen molar-refractivity contribution >= 4 is 5.71 Å². The van der Waals surface area contributed by atoms with E-state index >= 15 is 0 Å². The average Bonchev–Trinajstić information content (AvgIpc) is 2.29. The Morgan fingerprint density at radius 3 is 2.75 bits per heavy atom. The smallest absolute Gasteiger partial charge is 0.127 e. The third kappa shape index (κ3) is 1.91. The third-order valence-electron chi connectivity index (χ3n) is 2.18. The van der Waals surface area contributed by atoms with E-state index in [1.54, 1.807) is 18.3 Å². The Morgan fingerprint density at radius 2 is 2.12 bits per heavy atom. The van der Waals surface area contributed by atoms with Crippen LogP contribution in [0.3, 0.4) is 0 Å². The maximum Gasteiger partial charge on any atom is 0.127 e. The van der Waals surface area contributed by atoms with Crippen molar-refractivity contribution < 1.29 is 9.50 Å². The molecule has 1 aromatic carbocycles. The van der Waals surface area contributed by atoms with Crippen LogP contribution in [0.25, 0.3) is 0 Å². The molecule has 0 unspecified atom stereocenters. The SMILES string of the molecule is N=C(c1cccnc1)c1ccc(F)cc1O. The first kappa shape index (κ1) is 10.3. The first-order chi connectivity index (χ1) is 7.68. The van der Waals surface area contributed by atoms with Crippen molar-refractivity contribution in [3.8, 4) is 5.75 Å². The number of aromatic nitrogens is 1. The number of nitrogens with zero attached hydrogens (tertiary/aromatic N) is 1. The lowest BCUT2D eigenvalue weighted by molar-refractivity contribution is 0.468. The number of aromatic hydroxyl groups is 1. The van der Waals surface area contributed by atoms with Crippen molar-refractivity contribution in [3.63, 3.8) is 0 Å². The van der Waals surface area contributed by atoms with Gasteiger partial charge in [-0.2, -0.15) is 0 Å². The van der Waals surface area contributed by atoms with E-state index in [0.717, 1.165) is 6.07 Å². The van der Waals surface area contributed by atoms with Crippen LogP contribution in [0.15, 0.2) is 42.7 Å². The largest absolute Gasteiger partial charge is 0.507 e. The molecule has 1 aromatic heterocycles. The van der Waals surface area contributed by atoms with Gasteiger partial charge in [0.2, 0.25) is 0 Å². The minimum atomic E-state index is -0.528. The number of phenols is 1. The molecule has 0 aliphatic rings. The van der Waals surface area contributed by atoms with Crippen molar-refractivity contribution in [2.24, 2.45) is 0 Å². The minimum absolute atomic E-state index is 0.116. The standard InChI is InChI=1S/C12H9FN2O/c13-9-3-4-10(11(16)6-9)12(14)8-2-1-5-15-7-8/h1-7,14,16H. The van der Waals surface area contributed by atoms with Gasteiger partial charge in [0.25, 0.3) is 0 Å². The summed E-state index contributed by atoms with van der Waals surface area (Å²) in [7, 11) is 0. The molecule has 2 aromatic rings. The second kappa shape index (κ2) is 4.10. The highest BCUT2D eigenvalue weighted by molar-refractivity contribution is 6.12. The van der Waals surface area contributed by atoms with Crippen molar-refractivity contribution in [3.05, 3.63) is 59.7 Å². The number of pyridine rings is 1. The fraction of sp³-hybridized carbons (Fsp3) is 0. The van der Waals surface area contributed by atoms with Crippen molar-refractivity contribution in [1.82, 2.24) is 4.98 Å². The first-order valence-corrected chi connectivity index (χ1v) is 4.66. The summed E-state index contributed by atoms with van der Waals surface area (Å²) in [6.45, 7) is 0. The number of benzene rings is 1. The summed E-state index contributed by atoms with van der Waals surface area (Å²) in [6, 6.07) is 6.97. The summed E-state index contributed by atoms with van der Waals surface area (Å²) >= 11 is 0. The molecule has 80 valence electrons. The molecule has 4 heteroatoms. The number of nitrogens with one attached hydrogen (secondary N) is 1. The summed E-state index contributed by atoms with van der Waals surface area (Å²) in [4.78, 5) is 3.88. The molecule has 0 spiro atoms. The molecule has 0 aliphatic heterocycles. The van der Waals surface area contributed by atoms with Gasteiger partial charge in [-0.1, -0.05) is 0 Å². The van der Waals surface area contributed by atoms with E-state index in [2.05, 4.69) is 4.98 Å². The van der Waals surface area contributed by atoms with Gasteiger partial charge >= 0.3 is 0 Å². The fourth-order valence-corrected chi connectivity index (χ4v) is 1.38. The molecule has 0 fully saturated rings. The quantitative estimate of drug-likeness (QED) is 0.757. The zero-order valence-corrected chi connectivity index (χ0v) is 8.31. The van der Waals surface area contributed by atoms with Crippen LogP contribution in [-0.2, 0) is 0 Å². The topological polar surface area (TPSA) is 57.0 Å². The van der Waals surface area contributed by atoms with Gasteiger partial charge in [-0.3, -0.25) is 10.4 Å². The predicted molar refractivity (Wildman–Crippen MR) is 58.2 cm³/mol. The zero-order valence-electron chi connectivity index (χ0n) is 8.31. The average molecular weight is 216 g/mol. The van der Waals surface area contributed by atoms with Crippen LogP contribution in [0.1, 0.15) is 11.1 Å². The highest BCUT2D eigenvalue weighted by Gasteiger charge is 2.10. The van der Waals surface area contributed by atoms with Gasteiger partial charge in [-0.15, -0.1) is 0 Å². The maximum absolute atomic E-state index is 12.8. The summed E-state index contributed by atoms with van der Waals surface area (Å²) in [5, 5.41) is 17.4.